The highest BCUT2D eigenvalue weighted by Gasteiger charge is 2.24. The number of rotatable bonds is 6. The van der Waals surface area contributed by atoms with Crippen LogP contribution in [-0.4, -0.2) is 77.8 Å². The van der Waals surface area contributed by atoms with Crippen molar-refractivity contribution in [2.45, 2.75) is 13.1 Å². The van der Waals surface area contributed by atoms with Crippen molar-refractivity contribution in [1.82, 2.24) is 45.0 Å². The van der Waals surface area contributed by atoms with Crippen molar-refractivity contribution in [3.63, 3.8) is 0 Å². The van der Waals surface area contributed by atoms with Crippen molar-refractivity contribution in [2.75, 3.05) is 36.4 Å². The number of urea groups is 1. The molecule has 0 saturated carbocycles. The molecule has 186 valence electrons. The lowest BCUT2D eigenvalue weighted by Gasteiger charge is -2.35. The molecule has 4 aromatic rings. The fourth-order valence-electron chi connectivity index (χ4n) is 3.98. The maximum absolute atomic E-state index is 12.8. The normalized spacial score (nSPS) is 13.7. The number of aromatic nitrogens is 7. The van der Waals surface area contributed by atoms with E-state index in [4.69, 9.17) is 11.6 Å². The zero-order valence-electron chi connectivity index (χ0n) is 19.5. The summed E-state index contributed by atoms with van der Waals surface area (Å²) in [6.07, 6.45) is 4.95. The summed E-state index contributed by atoms with van der Waals surface area (Å²) in [5.74, 6) is 0.780. The van der Waals surface area contributed by atoms with Crippen LogP contribution in [0.1, 0.15) is 5.69 Å². The number of fused-ring (bicyclic) bond motifs is 1. The van der Waals surface area contributed by atoms with E-state index < -0.39 is 0 Å². The molecular formula is C22H24ClN11O2. The number of nitrogens with zero attached hydrogens (tertiary/aromatic N) is 9. The van der Waals surface area contributed by atoms with Gasteiger partial charge in [-0.1, -0.05) is 16.8 Å². The molecule has 5 rings (SSSR count). The van der Waals surface area contributed by atoms with Crippen molar-refractivity contribution in [3.8, 4) is 0 Å². The van der Waals surface area contributed by atoms with Gasteiger partial charge in [0, 0.05) is 43.9 Å². The van der Waals surface area contributed by atoms with E-state index in [1.165, 1.54) is 11.0 Å². The largest absolute Gasteiger partial charge is 0.352 e. The number of anilines is 2. The molecule has 0 bridgehead atoms. The molecular weight excluding hydrogens is 486 g/mol. The van der Waals surface area contributed by atoms with Gasteiger partial charge in [-0.3, -0.25) is 9.48 Å². The molecule has 1 aliphatic rings. The zero-order valence-corrected chi connectivity index (χ0v) is 20.3. The zero-order chi connectivity index (χ0) is 25.1. The van der Waals surface area contributed by atoms with Crippen molar-refractivity contribution < 1.29 is 9.59 Å². The lowest BCUT2D eigenvalue weighted by Crippen LogP contribution is -2.50. The first kappa shape index (κ1) is 23.5. The molecule has 0 atom stereocenters. The van der Waals surface area contributed by atoms with Gasteiger partial charge in [0.15, 0.2) is 5.65 Å². The number of piperazine rings is 1. The molecule has 1 aromatic carbocycles. The number of aryl methyl sites for hydroxylation is 1. The second-order valence-corrected chi connectivity index (χ2v) is 8.73. The fraction of sp³-hybridized carbons (Fsp3) is 0.318. The van der Waals surface area contributed by atoms with Crippen molar-refractivity contribution in [3.05, 3.63) is 53.7 Å². The first-order valence-electron chi connectivity index (χ1n) is 11.3. The van der Waals surface area contributed by atoms with Crippen molar-refractivity contribution in [1.29, 1.82) is 0 Å². The Labute approximate surface area is 211 Å². The number of carbonyl (C=O) groups is 2. The third-order valence-corrected chi connectivity index (χ3v) is 6.11. The molecule has 2 N–H and O–H groups in total. The Hall–Kier alpha value is -4.26. The highest BCUT2D eigenvalue weighted by atomic mass is 35.5. The van der Waals surface area contributed by atoms with Gasteiger partial charge < -0.3 is 20.4 Å². The average molecular weight is 510 g/mol. The van der Waals surface area contributed by atoms with Crippen LogP contribution in [0.2, 0.25) is 5.02 Å². The molecule has 0 aliphatic carbocycles. The molecule has 13 nitrogen and oxygen atoms in total. The van der Waals surface area contributed by atoms with Crippen LogP contribution in [0, 0.1) is 0 Å². The van der Waals surface area contributed by atoms with Gasteiger partial charge >= 0.3 is 6.03 Å². The molecule has 0 radical (unpaired) electrons. The molecule has 0 spiro atoms. The summed E-state index contributed by atoms with van der Waals surface area (Å²) in [4.78, 5) is 37.6. The summed E-state index contributed by atoms with van der Waals surface area (Å²) in [6, 6.07) is 6.41. The molecule has 14 heteroatoms. The van der Waals surface area contributed by atoms with Crippen LogP contribution in [0.25, 0.3) is 11.0 Å². The van der Waals surface area contributed by atoms with Gasteiger partial charge in [-0.15, -0.1) is 5.10 Å². The van der Waals surface area contributed by atoms with Crippen LogP contribution in [0.3, 0.4) is 0 Å². The third kappa shape index (κ3) is 5.20. The standard InChI is InChI=1S/C22H24ClN11O2/c1-31-20-18(11-27-31)21(26-14-25-20)33-8-6-32(7-9-33)19(35)13-34-12-17(29-30-34)10-24-22(36)28-16-4-2-15(23)3-5-16/h2-5,11-12,14H,6-10,13H2,1H3,(H2,24,28,36). The molecule has 3 amide bonds. The summed E-state index contributed by atoms with van der Waals surface area (Å²) in [5.41, 5.74) is 1.94. The molecule has 1 saturated heterocycles. The number of hydrogen-bond acceptors (Lipinski definition) is 8. The minimum atomic E-state index is -0.381. The summed E-state index contributed by atoms with van der Waals surface area (Å²) >= 11 is 5.85. The van der Waals surface area contributed by atoms with E-state index in [2.05, 4.69) is 40.9 Å². The van der Waals surface area contributed by atoms with Gasteiger partial charge in [0.25, 0.3) is 0 Å². The van der Waals surface area contributed by atoms with Crippen LogP contribution in [0.5, 0.6) is 0 Å². The maximum atomic E-state index is 12.8. The minimum Gasteiger partial charge on any atom is -0.352 e. The topological polar surface area (TPSA) is 139 Å². The Morgan fingerprint density at radius 2 is 1.86 bits per heavy atom. The van der Waals surface area contributed by atoms with E-state index in [1.54, 1.807) is 46.2 Å². The minimum absolute atomic E-state index is 0.0475. The average Bonchev–Trinajstić information content (AvgIpc) is 3.50. The van der Waals surface area contributed by atoms with Crippen molar-refractivity contribution >= 4 is 46.1 Å². The SMILES string of the molecule is Cn1ncc2c(N3CCN(C(=O)Cn4cc(CNC(=O)Nc5ccc(Cl)cc5)nn4)CC3)ncnc21. The van der Waals surface area contributed by atoms with Gasteiger partial charge in [0.1, 0.15) is 24.4 Å². The monoisotopic (exact) mass is 509 g/mol. The van der Waals surface area contributed by atoms with E-state index in [1.807, 2.05) is 7.05 Å². The third-order valence-electron chi connectivity index (χ3n) is 5.86. The van der Waals surface area contributed by atoms with E-state index >= 15 is 0 Å². The quantitative estimate of drug-likeness (QED) is 0.396. The number of halogens is 1. The predicted molar refractivity (Wildman–Crippen MR) is 132 cm³/mol. The lowest BCUT2D eigenvalue weighted by atomic mass is 10.2. The van der Waals surface area contributed by atoms with Gasteiger partial charge in [0.05, 0.1) is 24.3 Å². The van der Waals surface area contributed by atoms with Gasteiger partial charge in [0.2, 0.25) is 5.91 Å². The molecule has 4 heterocycles. The molecule has 1 aliphatic heterocycles. The summed E-state index contributed by atoms with van der Waals surface area (Å²) in [7, 11) is 1.84. The summed E-state index contributed by atoms with van der Waals surface area (Å²) < 4.78 is 3.20. The Morgan fingerprint density at radius 3 is 2.64 bits per heavy atom. The summed E-state index contributed by atoms with van der Waals surface area (Å²) in [6.45, 7) is 2.69. The lowest BCUT2D eigenvalue weighted by molar-refractivity contribution is -0.132. The highest BCUT2D eigenvalue weighted by molar-refractivity contribution is 6.30. The molecule has 36 heavy (non-hydrogen) atoms. The number of amides is 3. The van der Waals surface area contributed by atoms with Crippen LogP contribution >= 0.6 is 11.6 Å². The van der Waals surface area contributed by atoms with E-state index in [0.29, 0.717) is 42.6 Å². The molecule has 0 unspecified atom stereocenters. The number of carbonyl (C=O) groups excluding carboxylic acids is 2. The first-order chi connectivity index (χ1) is 17.5. The smallest absolute Gasteiger partial charge is 0.319 e. The second kappa shape index (κ2) is 10.2. The van der Waals surface area contributed by atoms with Gasteiger partial charge in [-0.25, -0.2) is 19.4 Å². The first-order valence-corrected chi connectivity index (χ1v) is 11.7. The Bertz CT molecular complexity index is 1380. The van der Waals surface area contributed by atoms with Gasteiger partial charge in [-0.05, 0) is 24.3 Å². The Balaban J connectivity index is 1.10. The predicted octanol–water partition coefficient (Wildman–Crippen LogP) is 1.28. The summed E-state index contributed by atoms with van der Waals surface area (Å²) in [5, 5.41) is 19.2. The molecule has 1 fully saturated rings. The number of hydrogen-bond donors (Lipinski definition) is 2. The Morgan fingerprint density at radius 1 is 1.08 bits per heavy atom. The van der Waals surface area contributed by atoms with Crippen LogP contribution in [-0.2, 0) is 24.9 Å². The molecule has 3 aromatic heterocycles. The maximum Gasteiger partial charge on any atom is 0.319 e. The highest BCUT2D eigenvalue weighted by Crippen LogP contribution is 2.23. The van der Waals surface area contributed by atoms with Crippen LogP contribution in [0.4, 0.5) is 16.3 Å². The van der Waals surface area contributed by atoms with Crippen LogP contribution < -0.4 is 15.5 Å². The Kier molecular flexibility index (Phi) is 6.62. The van der Waals surface area contributed by atoms with Gasteiger partial charge in [-0.2, -0.15) is 5.10 Å². The van der Waals surface area contributed by atoms with E-state index in [0.717, 1.165) is 16.9 Å². The van der Waals surface area contributed by atoms with Crippen molar-refractivity contribution in [2.24, 2.45) is 7.05 Å². The van der Waals surface area contributed by atoms with E-state index in [-0.39, 0.29) is 25.0 Å². The van der Waals surface area contributed by atoms with Crippen LogP contribution in [0.15, 0.2) is 43.0 Å². The number of benzene rings is 1. The fourth-order valence-corrected chi connectivity index (χ4v) is 4.11. The second-order valence-electron chi connectivity index (χ2n) is 8.29. The number of nitrogens with one attached hydrogen (secondary N) is 2. The van der Waals surface area contributed by atoms with E-state index in [9.17, 15) is 9.59 Å².